The Morgan fingerprint density at radius 3 is 2.68 bits per heavy atom. The zero-order valence-corrected chi connectivity index (χ0v) is 21.5. The van der Waals surface area contributed by atoms with E-state index in [-0.39, 0.29) is 24.7 Å². The lowest BCUT2D eigenvalue weighted by molar-refractivity contribution is -0.194. The van der Waals surface area contributed by atoms with Gasteiger partial charge < -0.3 is 20.9 Å². The molecule has 0 aromatic carbocycles. The van der Waals surface area contributed by atoms with E-state index < -0.39 is 54.3 Å². The molecule has 4 heterocycles. The predicted molar refractivity (Wildman–Crippen MR) is 133 cm³/mol. The van der Waals surface area contributed by atoms with E-state index in [1.807, 2.05) is 6.07 Å². The fourth-order valence-corrected chi connectivity index (χ4v) is 6.36. The molecular weight excluding hydrogens is 496 g/mol. The smallest absolute Gasteiger partial charge is 0.255 e. The van der Waals surface area contributed by atoms with Crippen LogP contribution in [0.1, 0.15) is 57.8 Å². The lowest BCUT2D eigenvalue weighted by atomic mass is 9.71. The van der Waals surface area contributed by atoms with Crippen molar-refractivity contribution in [2.45, 2.75) is 87.9 Å². The van der Waals surface area contributed by atoms with Gasteiger partial charge in [-0.1, -0.05) is 12.8 Å². The number of amides is 3. The number of hydrogen-bond donors (Lipinski definition) is 3. The standard InChI is InChI=1S/C26H35F2N7O3/c1-34-14-18(13-31-34)32-21(9-15-4-5-15)25(38)35-19-6-7-20(26(27,28)11-19)22(35)24(37)33-17(12-29)10-16-3-2-8-30-23(16)36/h13-17,19-22,32H,2-11H2,1H3,(H,30,36)(H,33,37)/t16-,17+,19+,20+,21+,22+/m1/s1. The zero-order chi connectivity index (χ0) is 27.0. The van der Waals surface area contributed by atoms with Gasteiger partial charge in [-0.15, -0.1) is 0 Å². The van der Waals surface area contributed by atoms with Crippen LogP contribution in [0.5, 0.6) is 0 Å². The molecule has 6 atom stereocenters. The third-order valence-corrected chi connectivity index (χ3v) is 8.46. The van der Waals surface area contributed by atoms with Gasteiger partial charge in [0.25, 0.3) is 5.92 Å². The van der Waals surface area contributed by atoms with Crippen LogP contribution < -0.4 is 16.0 Å². The second-order valence-corrected chi connectivity index (χ2v) is 11.3. The molecule has 0 unspecified atom stereocenters. The van der Waals surface area contributed by atoms with E-state index >= 15 is 8.78 Å². The van der Waals surface area contributed by atoms with Gasteiger partial charge >= 0.3 is 0 Å². The van der Waals surface area contributed by atoms with E-state index in [9.17, 15) is 19.6 Å². The molecule has 1 aromatic rings. The van der Waals surface area contributed by atoms with Gasteiger partial charge in [-0.2, -0.15) is 10.4 Å². The second-order valence-electron chi connectivity index (χ2n) is 11.3. The first-order valence-electron chi connectivity index (χ1n) is 13.6. The van der Waals surface area contributed by atoms with Gasteiger partial charge in [0.05, 0.1) is 23.9 Å². The molecule has 3 amide bonds. The van der Waals surface area contributed by atoms with E-state index in [0.717, 1.165) is 19.3 Å². The minimum absolute atomic E-state index is 0.103. The minimum Gasteiger partial charge on any atom is -0.371 e. The summed E-state index contributed by atoms with van der Waals surface area (Å²) >= 11 is 0. The largest absolute Gasteiger partial charge is 0.371 e. The Hall–Kier alpha value is -3.23. The minimum atomic E-state index is -3.09. The van der Waals surface area contributed by atoms with Crippen molar-refractivity contribution >= 4 is 23.4 Å². The predicted octanol–water partition coefficient (Wildman–Crippen LogP) is 1.94. The molecule has 5 aliphatic rings. The molecule has 3 aliphatic heterocycles. The molecule has 3 N–H and O–H groups in total. The molecule has 10 nitrogen and oxygen atoms in total. The van der Waals surface area contributed by atoms with Crippen LogP contribution in [0, 0.1) is 29.1 Å². The maximum atomic E-state index is 15.1. The number of nitriles is 1. The van der Waals surface area contributed by atoms with Crippen LogP contribution in [0.2, 0.25) is 0 Å². The molecule has 6 rings (SSSR count). The number of alkyl halides is 2. The summed E-state index contributed by atoms with van der Waals surface area (Å²) in [7, 11) is 1.76. The van der Waals surface area contributed by atoms with Gasteiger partial charge in [0.15, 0.2) is 0 Å². The third kappa shape index (κ3) is 5.47. The molecule has 2 saturated carbocycles. The molecule has 12 heteroatoms. The van der Waals surface area contributed by atoms with Crippen molar-refractivity contribution in [1.82, 2.24) is 25.3 Å². The number of halogens is 2. The molecule has 38 heavy (non-hydrogen) atoms. The SMILES string of the molecule is Cn1cc(N[C@@H](CC2CC2)C(=O)N2[C@H]3CC[C@@H]([C@H]2C(=O)N[C@H](C#N)C[C@H]2CCCNC2=O)C(F)(F)C3)cn1. The number of nitrogens with one attached hydrogen (secondary N) is 3. The Balaban J connectivity index is 1.37. The number of anilines is 1. The lowest BCUT2D eigenvalue weighted by Crippen LogP contribution is -2.70. The Morgan fingerprint density at radius 1 is 1.26 bits per heavy atom. The zero-order valence-electron chi connectivity index (χ0n) is 21.5. The van der Waals surface area contributed by atoms with Gasteiger partial charge in [0.1, 0.15) is 18.1 Å². The summed E-state index contributed by atoms with van der Waals surface area (Å²) in [6.45, 7) is 0.575. The van der Waals surface area contributed by atoms with Crippen molar-refractivity contribution in [1.29, 1.82) is 5.26 Å². The first-order valence-corrected chi connectivity index (χ1v) is 13.6. The average Bonchev–Trinajstić information content (AvgIpc) is 3.61. The highest BCUT2D eigenvalue weighted by atomic mass is 19.3. The number of nitrogens with zero attached hydrogens (tertiary/aromatic N) is 4. The fourth-order valence-electron chi connectivity index (χ4n) is 6.36. The van der Waals surface area contributed by atoms with Crippen LogP contribution in [0.25, 0.3) is 0 Å². The molecule has 2 aliphatic carbocycles. The number of rotatable bonds is 9. The molecule has 3 saturated heterocycles. The number of fused-ring (bicyclic) bond motifs is 3. The summed E-state index contributed by atoms with van der Waals surface area (Å²) < 4.78 is 31.8. The van der Waals surface area contributed by atoms with Gasteiger partial charge in [0, 0.05) is 38.2 Å². The number of aromatic nitrogens is 2. The van der Waals surface area contributed by atoms with Crippen molar-refractivity contribution < 1.29 is 23.2 Å². The van der Waals surface area contributed by atoms with Gasteiger partial charge in [0.2, 0.25) is 17.7 Å². The van der Waals surface area contributed by atoms with Gasteiger partial charge in [-0.3, -0.25) is 19.1 Å². The Labute approximate surface area is 220 Å². The molecule has 5 fully saturated rings. The lowest BCUT2D eigenvalue weighted by Gasteiger charge is -2.54. The van der Waals surface area contributed by atoms with Crippen LogP contribution in [0.4, 0.5) is 14.5 Å². The van der Waals surface area contributed by atoms with Gasteiger partial charge in [-0.25, -0.2) is 8.78 Å². The molecule has 0 radical (unpaired) electrons. The molecule has 0 spiro atoms. The van der Waals surface area contributed by atoms with Crippen LogP contribution >= 0.6 is 0 Å². The topological polar surface area (TPSA) is 132 Å². The van der Waals surface area contributed by atoms with Crippen LogP contribution in [-0.4, -0.2) is 69.0 Å². The highest BCUT2D eigenvalue weighted by molar-refractivity contribution is 5.92. The highest BCUT2D eigenvalue weighted by Crippen LogP contribution is 2.49. The summed E-state index contributed by atoms with van der Waals surface area (Å²) in [6.07, 6.45) is 7.44. The number of hydrogen-bond acceptors (Lipinski definition) is 6. The van der Waals surface area contributed by atoms with Crippen molar-refractivity contribution in [3.05, 3.63) is 12.4 Å². The Kier molecular flexibility index (Phi) is 7.29. The summed E-state index contributed by atoms with van der Waals surface area (Å²) in [5.74, 6) is -5.76. The number of aryl methyl sites for hydroxylation is 1. The summed E-state index contributed by atoms with van der Waals surface area (Å²) in [6, 6.07) is -1.81. The fraction of sp³-hybridized carbons (Fsp3) is 0.731. The Morgan fingerprint density at radius 2 is 2.05 bits per heavy atom. The van der Waals surface area contributed by atoms with Gasteiger partial charge in [-0.05, 0) is 44.4 Å². The number of carbonyl (C=O) groups excluding carboxylic acids is 3. The van der Waals surface area contributed by atoms with E-state index in [1.165, 1.54) is 4.90 Å². The number of piperidine rings is 3. The van der Waals surface area contributed by atoms with Crippen molar-refractivity contribution in [2.24, 2.45) is 24.8 Å². The maximum absolute atomic E-state index is 15.1. The quantitative estimate of drug-likeness (QED) is 0.446. The molecule has 206 valence electrons. The average molecular weight is 532 g/mol. The Bertz CT molecular complexity index is 1110. The maximum Gasteiger partial charge on any atom is 0.255 e. The van der Waals surface area contributed by atoms with Crippen LogP contribution in [-0.2, 0) is 21.4 Å². The molecular formula is C26H35F2N7O3. The molecule has 1 aromatic heterocycles. The normalized spacial score (nSPS) is 29.6. The van der Waals surface area contributed by atoms with Crippen LogP contribution in [0.3, 0.4) is 0 Å². The first-order chi connectivity index (χ1) is 18.2. The summed E-state index contributed by atoms with van der Waals surface area (Å²) in [4.78, 5) is 41.1. The summed E-state index contributed by atoms with van der Waals surface area (Å²) in [5, 5.41) is 22.5. The molecule has 2 bridgehead atoms. The van der Waals surface area contributed by atoms with E-state index in [1.54, 1.807) is 24.1 Å². The van der Waals surface area contributed by atoms with Crippen LogP contribution in [0.15, 0.2) is 12.4 Å². The third-order valence-electron chi connectivity index (χ3n) is 8.46. The first kappa shape index (κ1) is 26.4. The monoisotopic (exact) mass is 531 g/mol. The second kappa shape index (κ2) is 10.5. The van der Waals surface area contributed by atoms with Crippen molar-refractivity contribution in [3.8, 4) is 6.07 Å². The van der Waals surface area contributed by atoms with E-state index in [2.05, 4.69) is 21.0 Å². The highest BCUT2D eigenvalue weighted by Gasteiger charge is 2.61. The van der Waals surface area contributed by atoms with E-state index in [4.69, 9.17) is 0 Å². The number of carbonyl (C=O) groups is 3. The van der Waals surface area contributed by atoms with E-state index in [0.29, 0.717) is 37.4 Å². The van der Waals surface area contributed by atoms with Crippen molar-refractivity contribution in [2.75, 3.05) is 11.9 Å². The summed E-state index contributed by atoms with van der Waals surface area (Å²) in [5.41, 5.74) is 0.648. The van der Waals surface area contributed by atoms with Crippen molar-refractivity contribution in [3.63, 3.8) is 0 Å².